The minimum atomic E-state index is -0.866. The summed E-state index contributed by atoms with van der Waals surface area (Å²) in [6.45, 7) is 4.82. The number of carbonyl (C=O) groups excluding carboxylic acids is 2. The van der Waals surface area contributed by atoms with E-state index < -0.39 is 12.1 Å². The van der Waals surface area contributed by atoms with Gasteiger partial charge in [0.25, 0.3) is 0 Å². The standard InChI is InChI=1S/C56H107NO5/c1-3-5-7-9-11-13-15-17-18-19-20-21-22-23-24-25-26-27-28-32-36-40-44-48-54(59)53(52-58)57-55(60)49-45-41-37-33-30-31-35-39-43-47-51-62-56(61)50-46-42-38-34-29-16-14-12-10-8-6-4-2/h31,35,44,48,53-54,58-59H,3-30,32-34,36-43,45-47,49-52H2,1-2H3,(H,57,60)/b35-31-,48-44+. The van der Waals surface area contributed by atoms with Crippen LogP contribution < -0.4 is 5.32 Å². The first-order chi connectivity index (χ1) is 30.5. The number of rotatable bonds is 51. The fourth-order valence-corrected chi connectivity index (χ4v) is 8.45. The Morgan fingerprint density at radius 2 is 0.758 bits per heavy atom. The van der Waals surface area contributed by atoms with Crippen molar-refractivity contribution < 1.29 is 24.5 Å². The highest BCUT2D eigenvalue weighted by Gasteiger charge is 2.18. The maximum absolute atomic E-state index is 12.5. The van der Waals surface area contributed by atoms with Gasteiger partial charge in [-0.3, -0.25) is 9.59 Å². The highest BCUT2D eigenvalue weighted by molar-refractivity contribution is 5.76. The number of esters is 1. The predicted molar refractivity (Wildman–Crippen MR) is 269 cm³/mol. The quantitative estimate of drug-likeness (QED) is 0.0321. The first kappa shape index (κ1) is 60.3. The van der Waals surface area contributed by atoms with Crippen molar-refractivity contribution in [2.45, 2.75) is 309 Å². The molecule has 0 aromatic rings. The average molecular weight is 874 g/mol. The largest absolute Gasteiger partial charge is 0.466 e. The molecule has 62 heavy (non-hydrogen) atoms. The van der Waals surface area contributed by atoms with E-state index in [9.17, 15) is 19.8 Å². The van der Waals surface area contributed by atoms with Gasteiger partial charge in [0.15, 0.2) is 0 Å². The molecular weight excluding hydrogens is 767 g/mol. The van der Waals surface area contributed by atoms with Gasteiger partial charge in [-0.25, -0.2) is 0 Å². The summed E-state index contributed by atoms with van der Waals surface area (Å²) in [6.07, 6.45) is 62.0. The Hall–Kier alpha value is -1.66. The minimum Gasteiger partial charge on any atom is -0.466 e. The van der Waals surface area contributed by atoms with Gasteiger partial charge in [0.1, 0.15) is 0 Å². The fourth-order valence-electron chi connectivity index (χ4n) is 8.45. The van der Waals surface area contributed by atoms with E-state index in [-0.39, 0.29) is 18.5 Å². The molecule has 366 valence electrons. The lowest BCUT2D eigenvalue weighted by Crippen LogP contribution is -2.45. The zero-order chi connectivity index (χ0) is 45.1. The molecule has 0 aromatic heterocycles. The van der Waals surface area contributed by atoms with E-state index >= 15 is 0 Å². The maximum atomic E-state index is 12.5. The van der Waals surface area contributed by atoms with Gasteiger partial charge >= 0.3 is 5.97 Å². The summed E-state index contributed by atoms with van der Waals surface area (Å²) in [5.74, 6) is -0.138. The third kappa shape index (κ3) is 47.8. The van der Waals surface area contributed by atoms with Gasteiger partial charge in [-0.05, 0) is 57.8 Å². The summed E-state index contributed by atoms with van der Waals surface area (Å²) < 4.78 is 5.42. The lowest BCUT2D eigenvalue weighted by molar-refractivity contribution is -0.143. The Morgan fingerprint density at radius 3 is 1.15 bits per heavy atom. The van der Waals surface area contributed by atoms with Crippen LogP contribution in [0.1, 0.15) is 296 Å². The van der Waals surface area contributed by atoms with Gasteiger partial charge in [0.05, 0.1) is 25.4 Å². The molecule has 0 spiro atoms. The predicted octanol–water partition coefficient (Wildman–Crippen LogP) is 16.7. The van der Waals surface area contributed by atoms with Crippen LogP contribution in [0.3, 0.4) is 0 Å². The summed E-state index contributed by atoms with van der Waals surface area (Å²) in [5.41, 5.74) is 0. The zero-order valence-electron chi connectivity index (χ0n) is 41.6. The van der Waals surface area contributed by atoms with Crippen LogP contribution in [0.4, 0.5) is 0 Å². The third-order valence-corrected chi connectivity index (χ3v) is 12.7. The monoisotopic (exact) mass is 874 g/mol. The Kier molecular flexibility index (Phi) is 50.6. The van der Waals surface area contributed by atoms with Gasteiger partial charge in [-0.1, -0.05) is 250 Å². The molecule has 6 nitrogen and oxygen atoms in total. The van der Waals surface area contributed by atoms with E-state index in [1.54, 1.807) is 6.08 Å². The number of aliphatic hydroxyl groups is 2. The van der Waals surface area contributed by atoms with E-state index in [1.807, 2.05) is 6.08 Å². The second kappa shape index (κ2) is 52.0. The Labute approximate surface area is 386 Å². The van der Waals surface area contributed by atoms with Crippen LogP contribution >= 0.6 is 0 Å². The van der Waals surface area contributed by atoms with Crippen molar-refractivity contribution >= 4 is 11.9 Å². The summed E-state index contributed by atoms with van der Waals surface area (Å²) >= 11 is 0. The van der Waals surface area contributed by atoms with E-state index in [0.717, 1.165) is 77.0 Å². The van der Waals surface area contributed by atoms with Crippen LogP contribution in [-0.4, -0.2) is 47.4 Å². The highest BCUT2D eigenvalue weighted by Crippen LogP contribution is 2.17. The Bertz CT molecular complexity index is 966. The molecule has 0 saturated heterocycles. The Morgan fingerprint density at radius 1 is 0.435 bits per heavy atom. The molecule has 2 unspecified atom stereocenters. The molecule has 1 amide bonds. The smallest absolute Gasteiger partial charge is 0.305 e. The lowest BCUT2D eigenvalue weighted by Gasteiger charge is -2.20. The number of amides is 1. The molecule has 0 heterocycles. The van der Waals surface area contributed by atoms with Crippen molar-refractivity contribution in [1.82, 2.24) is 5.32 Å². The molecule has 3 N–H and O–H groups in total. The van der Waals surface area contributed by atoms with Crippen LogP contribution in [0.2, 0.25) is 0 Å². The van der Waals surface area contributed by atoms with E-state index in [1.165, 1.54) is 193 Å². The number of hydrogen-bond donors (Lipinski definition) is 3. The van der Waals surface area contributed by atoms with Crippen LogP contribution in [0.5, 0.6) is 0 Å². The number of ether oxygens (including phenoxy) is 1. The van der Waals surface area contributed by atoms with Gasteiger partial charge in [0, 0.05) is 12.8 Å². The highest BCUT2D eigenvalue weighted by atomic mass is 16.5. The number of aliphatic hydroxyl groups excluding tert-OH is 2. The van der Waals surface area contributed by atoms with Gasteiger partial charge in [-0.2, -0.15) is 0 Å². The van der Waals surface area contributed by atoms with Crippen molar-refractivity contribution in [2.24, 2.45) is 0 Å². The fraction of sp³-hybridized carbons (Fsp3) is 0.893. The average Bonchev–Trinajstić information content (AvgIpc) is 3.27. The molecule has 0 aliphatic carbocycles. The summed E-state index contributed by atoms with van der Waals surface area (Å²) in [7, 11) is 0. The zero-order valence-corrected chi connectivity index (χ0v) is 41.6. The lowest BCUT2D eigenvalue weighted by atomic mass is 10.0. The van der Waals surface area contributed by atoms with Crippen LogP contribution in [0.15, 0.2) is 24.3 Å². The molecule has 0 aromatic carbocycles. The summed E-state index contributed by atoms with van der Waals surface area (Å²) in [5, 5.41) is 23.1. The first-order valence-corrected chi connectivity index (χ1v) is 27.6. The molecule has 6 heteroatoms. The molecule has 0 aliphatic heterocycles. The number of nitrogens with one attached hydrogen (secondary N) is 1. The topological polar surface area (TPSA) is 95.9 Å². The summed E-state index contributed by atoms with van der Waals surface area (Å²) in [4.78, 5) is 24.4. The van der Waals surface area contributed by atoms with Crippen molar-refractivity contribution in [3.05, 3.63) is 24.3 Å². The SMILES string of the molecule is CCCCCCCCCCCCCCCCCCCCCCC/C=C/C(O)C(CO)NC(=O)CCCCCC/C=C\CCCCOC(=O)CCCCCCCCCCCCCC. The number of unbranched alkanes of at least 4 members (excludes halogenated alkanes) is 38. The van der Waals surface area contributed by atoms with Crippen LogP contribution in [0, 0.1) is 0 Å². The molecule has 0 fully saturated rings. The van der Waals surface area contributed by atoms with Gasteiger partial charge in [0.2, 0.25) is 5.91 Å². The van der Waals surface area contributed by atoms with Crippen molar-refractivity contribution in [1.29, 1.82) is 0 Å². The molecule has 0 saturated carbocycles. The van der Waals surface area contributed by atoms with Crippen LogP contribution in [-0.2, 0) is 14.3 Å². The van der Waals surface area contributed by atoms with Gasteiger partial charge in [-0.15, -0.1) is 0 Å². The Balaban J connectivity index is 3.55. The minimum absolute atomic E-state index is 0.0373. The first-order valence-electron chi connectivity index (χ1n) is 27.6. The van der Waals surface area contributed by atoms with E-state index in [2.05, 4.69) is 31.3 Å². The summed E-state index contributed by atoms with van der Waals surface area (Å²) in [6, 6.07) is -0.653. The third-order valence-electron chi connectivity index (χ3n) is 12.7. The number of allylic oxidation sites excluding steroid dienone is 3. The molecule has 0 rings (SSSR count). The van der Waals surface area contributed by atoms with Crippen LogP contribution in [0.25, 0.3) is 0 Å². The van der Waals surface area contributed by atoms with E-state index in [4.69, 9.17) is 4.74 Å². The number of carbonyl (C=O) groups is 2. The molecule has 0 aliphatic rings. The van der Waals surface area contributed by atoms with Crippen molar-refractivity contribution in [3.8, 4) is 0 Å². The second-order valence-electron chi connectivity index (χ2n) is 18.9. The maximum Gasteiger partial charge on any atom is 0.305 e. The van der Waals surface area contributed by atoms with Crippen molar-refractivity contribution in [3.63, 3.8) is 0 Å². The number of hydrogen-bond acceptors (Lipinski definition) is 5. The normalized spacial score (nSPS) is 12.8. The molecule has 2 atom stereocenters. The molecular formula is C56H107NO5. The second-order valence-corrected chi connectivity index (χ2v) is 18.9. The molecule has 0 radical (unpaired) electrons. The van der Waals surface area contributed by atoms with Crippen molar-refractivity contribution in [2.75, 3.05) is 13.2 Å². The molecule has 0 bridgehead atoms. The van der Waals surface area contributed by atoms with E-state index in [0.29, 0.717) is 19.4 Å². The van der Waals surface area contributed by atoms with Gasteiger partial charge < -0.3 is 20.3 Å².